The number of benzene rings is 1. The van der Waals surface area contributed by atoms with Crippen molar-refractivity contribution in [1.82, 2.24) is 29.8 Å². The molecule has 0 unspecified atom stereocenters. The largest absolute Gasteiger partial charge is 0.419 e. The topological polar surface area (TPSA) is 115 Å². The molecule has 1 atom stereocenters. The number of oxazole rings is 1. The fourth-order valence-electron chi connectivity index (χ4n) is 3.77. The highest BCUT2D eigenvalue weighted by molar-refractivity contribution is 5.91. The van der Waals surface area contributed by atoms with Crippen LogP contribution in [-0.2, 0) is 17.9 Å². The number of carbonyl (C=O) groups excluding carboxylic acids is 2. The standard InChI is InChI=1S/C19H20F2N6O4/c1-22-17(29)13-10-25(24-23-13)9-12-8-19(20,21)11-27(12)16(28)6-7-26-14-4-2-3-5-15(14)31-18(26)30/h2-5,10,12H,6-9,11H2,1H3,(H,22,29)/t12-/m0/s1. The molecule has 3 aromatic rings. The molecule has 2 amide bonds. The lowest BCUT2D eigenvalue weighted by Crippen LogP contribution is -2.39. The predicted molar refractivity (Wildman–Crippen MR) is 104 cm³/mol. The van der Waals surface area contributed by atoms with Crippen LogP contribution in [0.3, 0.4) is 0 Å². The minimum Gasteiger partial charge on any atom is -0.408 e. The number of likely N-dealkylation sites (tertiary alicyclic amines) is 1. The number of hydrogen-bond acceptors (Lipinski definition) is 6. The van der Waals surface area contributed by atoms with Gasteiger partial charge in [0.2, 0.25) is 5.91 Å². The number of rotatable bonds is 6. The van der Waals surface area contributed by atoms with E-state index in [9.17, 15) is 23.2 Å². The summed E-state index contributed by atoms with van der Waals surface area (Å²) in [6.45, 7) is -0.734. The number of carbonyl (C=O) groups is 2. The Morgan fingerprint density at radius 2 is 2.10 bits per heavy atom. The van der Waals surface area contributed by atoms with E-state index in [1.165, 1.54) is 22.5 Å². The van der Waals surface area contributed by atoms with Gasteiger partial charge >= 0.3 is 5.76 Å². The SMILES string of the molecule is CNC(=O)c1cn(C[C@@H]2CC(F)(F)CN2C(=O)CCn2c(=O)oc3ccccc32)nn1. The maximum atomic E-state index is 14.1. The summed E-state index contributed by atoms with van der Waals surface area (Å²) in [4.78, 5) is 37.6. The molecule has 0 radical (unpaired) electrons. The van der Waals surface area contributed by atoms with Crippen molar-refractivity contribution < 1.29 is 22.8 Å². The molecule has 1 aromatic carbocycles. The first-order valence-corrected chi connectivity index (χ1v) is 9.65. The van der Waals surface area contributed by atoms with Crippen LogP contribution < -0.4 is 11.1 Å². The number of hydrogen-bond donors (Lipinski definition) is 1. The molecule has 0 saturated carbocycles. The molecule has 2 aromatic heterocycles. The maximum Gasteiger partial charge on any atom is 0.419 e. The average Bonchev–Trinajstić information content (AvgIpc) is 3.41. The molecule has 12 heteroatoms. The van der Waals surface area contributed by atoms with Gasteiger partial charge in [-0.2, -0.15) is 0 Å². The van der Waals surface area contributed by atoms with Crippen LogP contribution in [-0.4, -0.2) is 61.8 Å². The molecular formula is C19H20F2N6O4. The van der Waals surface area contributed by atoms with Crippen molar-refractivity contribution in [3.63, 3.8) is 0 Å². The van der Waals surface area contributed by atoms with Crippen LogP contribution in [0.4, 0.5) is 8.78 Å². The summed E-state index contributed by atoms with van der Waals surface area (Å²) >= 11 is 0. The van der Waals surface area contributed by atoms with Gasteiger partial charge in [0.05, 0.1) is 30.8 Å². The molecule has 1 N–H and O–H groups in total. The Kier molecular flexibility index (Phi) is 5.29. The van der Waals surface area contributed by atoms with Gasteiger partial charge in [-0.25, -0.2) is 18.3 Å². The van der Waals surface area contributed by atoms with Crippen molar-refractivity contribution in [2.45, 2.75) is 37.9 Å². The number of nitrogens with one attached hydrogen (secondary N) is 1. The van der Waals surface area contributed by atoms with Gasteiger partial charge in [-0.15, -0.1) is 5.10 Å². The first-order chi connectivity index (χ1) is 14.8. The average molecular weight is 434 g/mol. The van der Waals surface area contributed by atoms with Crippen molar-refractivity contribution in [3.05, 3.63) is 46.7 Å². The highest BCUT2D eigenvalue weighted by Gasteiger charge is 2.47. The number of halogens is 2. The molecular weight excluding hydrogens is 414 g/mol. The van der Waals surface area contributed by atoms with Gasteiger partial charge in [0, 0.05) is 26.4 Å². The third-order valence-corrected chi connectivity index (χ3v) is 5.22. The Morgan fingerprint density at radius 1 is 1.32 bits per heavy atom. The van der Waals surface area contributed by atoms with Gasteiger partial charge in [0.15, 0.2) is 11.3 Å². The molecule has 31 heavy (non-hydrogen) atoms. The van der Waals surface area contributed by atoms with Crippen molar-refractivity contribution in [2.75, 3.05) is 13.6 Å². The fraction of sp³-hybridized carbons (Fsp3) is 0.421. The molecule has 4 rings (SSSR count). The van der Waals surface area contributed by atoms with E-state index in [2.05, 4.69) is 15.6 Å². The second-order valence-corrected chi connectivity index (χ2v) is 7.38. The van der Waals surface area contributed by atoms with E-state index in [0.717, 1.165) is 4.90 Å². The van der Waals surface area contributed by atoms with Gasteiger partial charge in [-0.3, -0.25) is 14.2 Å². The van der Waals surface area contributed by atoms with Crippen LogP contribution in [0.1, 0.15) is 23.3 Å². The maximum absolute atomic E-state index is 14.1. The third kappa shape index (κ3) is 4.18. The molecule has 1 saturated heterocycles. The molecule has 1 aliphatic rings. The Hall–Kier alpha value is -3.57. The monoisotopic (exact) mass is 434 g/mol. The van der Waals surface area contributed by atoms with Gasteiger partial charge in [-0.1, -0.05) is 17.3 Å². The Morgan fingerprint density at radius 3 is 2.87 bits per heavy atom. The third-order valence-electron chi connectivity index (χ3n) is 5.22. The van der Waals surface area contributed by atoms with Gasteiger partial charge in [0.1, 0.15) is 0 Å². The summed E-state index contributed by atoms with van der Waals surface area (Å²) in [6.07, 6.45) is 0.675. The van der Waals surface area contributed by atoms with Crippen molar-refractivity contribution >= 4 is 22.9 Å². The smallest absolute Gasteiger partial charge is 0.408 e. The van der Waals surface area contributed by atoms with Crippen molar-refractivity contribution in [2.24, 2.45) is 0 Å². The normalized spacial score (nSPS) is 17.9. The second kappa shape index (κ2) is 7.93. The molecule has 0 bridgehead atoms. The summed E-state index contributed by atoms with van der Waals surface area (Å²) in [6, 6.07) is 5.96. The minimum absolute atomic E-state index is 0.00756. The number of fused-ring (bicyclic) bond motifs is 1. The Balaban J connectivity index is 1.47. The quantitative estimate of drug-likeness (QED) is 0.616. The molecule has 1 aliphatic heterocycles. The molecule has 164 valence electrons. The number of aryl methyl sites for hydroxylation is 1. The highest BCUT2D eigenvalue weighted by Crippen LogP contribution is 2.33. The number of para-hydroxylation sites is 2. The van der Waals surface area contributed by atoms with Crippen LogP contribution in [0.15, 0.2) is 39.7 Å². The number of amides is 2. The highest BCUT2D eigenvalue weighted by atomic mass is 19.3. The molecule has 1 fully saturated rings. The molecule has 10 nitrogen and oxygen atoms in total. The lowest BCUT2D eigenvalue weighted by atomic mass is 10.2. The zero-order valence-corrected chi connectivity index (χ0v) is 16.6. The Bertz CT molecular complexity index is 1180. The van der Waals surface area contributed by atoms with Crippen LogP contribution in [0.25, 0.3) is 11.1 Å². The molecule has 0 aliphatic carbocycles. The van der Waals surface area contributed by atoms with Crippen molar-refractivity contribution in [1.29, 1.82) is 0 Å². The van der Waals surface area contributed by atoms with Crippen LogP contribution in [0.2, 0.25) is 0 Å². The summed E-state index contributed by atoms with van der Waals surface area (Å²) in [5.41, 5.74) is 0.980. The number of alkyl halides is 2. The summed E-state index contributed by atoms with van der Waals surface area (Å²) in [7, 11) is 1.44. The summed E-state index contributed by atoms with van der Waals surface area (Å²) < 4.78 is 35.9. The first kappa shape index (κ1) is 20.7. The molecule has 3 heterocycles. The zero-order chi connectivity index (χ0) is 22.2. The van der Waals surface area contributed by atoms with E-state index >= 15 is 0 Å². The number of nitrogens with zero attached hydrogens (tertiary/aromatic N) is 5. The lowest BCUT2D eigenvalue weighted by molar-refractivity contribution is -0.133. The van der Waals surface area contributed by atoms with E-state index in [4.69, 9.17) is 4.42 Å². The fourth-order valence-corrected chi connectivity index (χ4v) is 3.77. The summed E-state index contributed by atoms with van der Waals surface area (Å²) in [5.74, 6) is -4.61. The minimum atomic E-state index is -3.04. The van der Waals surface area contributed by atoms with Gasteiger partial charge < -0.3 is 14.6 Å². The van der Waals surface area contributed by atoms with Gasteiger partial charge in [-0.05, 0) is 12.1 Å². The van der Waals surface area contributed by atoms with E-state index < -0.39 is 42.5 Å². The molecule has 0 spiro atoms. The van der Waals surface area contributed by atoms with Crippen LogP contribution >= 0.6 is 0 Å². The van der Waals surface area contributed by atoms with E-state index in [1.54, 1.807) is 24.3 Å². The van der Waals surface area contributed by atoms with E-state index in [-0.39, 0.29) is 25.2 Å². The first-order valence-electron chi connectivity index (χ1n) is 9.65. The second-order valence-electron chi connectivity index (χ2n) is 7.38. The number of aromatic nitrogens is 4. The lowest BCUT2D eigenvalue weighted by Gasteiger charge is -2.23. The summed E-state index contributed by atoms with van der Waals surface area (Å²) in [5, 5.41) is 9.89. The van der Waals surface area contributed by atoms with Crippen LogP contribution in [0.5, 0.6) is 0 Å². The van der Waals surface area contributed by atoms with Crippen LogP contribution in [0, 0.1) is 0 Å². The van der Waals surface area contributed by atoms with Gasteiger partial charge in [0.25, 0.3) is 11.8 Å². The van der Waals surface area contributed by atoms with E-state index in [1.807, 2.05) is 0 Å². The van der Waals surface area contributed by atoms with E-state index in [0.29, 0.717) is 11.1 Å². The zero-order valence-electron chi connectivity index (χ0n) is 16.6. The van der Waals surface area contributed by atoms with Crippen molar-refractivity contribution in [3.8, 4) is 0 Å². The Labute approximate surface area is 174 Å². The predicted octanol–water partition coefficient (Wildman–Crippen LogP) is 0.872.